The summed E-state index contributed by atoms with van der Waals surface area (Å²) in [6, 6.07) is 1.48. The van der Waals surface area contributed by atoms with Crippen LogP contribution in [-0.2, 0) is 0 Å². The highest BCUT2D eigenvalue weighted by atomic mass is 15.3. The van der Waals surface area contributed by atoms with Crippen molar-refractivity contribution < 1.29 is 0 Å². The molecule has 64 valence electrons. The van der Waals surface area contributed by atoms with E-state index in [0.29, 0.717) is 0 Å². The minimum Gasteiger partial charge on any atom is -0.315 e. The second-order valence-electron chi connectivity index (χ2n) is 3.49. The molecule has 0 spiro atoms. The largest absolute Gasteiger partial charge is 0.315 e. The van der Waals surface area contributed by atoms with E-state index in [4.69, 9.17) is 0 Å². The first-order chi connectivity index (χ1) is 5.42. The van der Waals surface area contributed by atoms with Crippen LogP contribution in [0.4, 0.5) is 0 Å². The Labute approximate surface area is 68.1 Å². The topological polar surface area (TPSA) is 27.3 Å². The molecule has 2 fully saturated rings. The summed E-state index contributed by atoms with van der Waals surface area (Å²) >= 11 is 0. The van der Waals surface area contributed by atoms with E-state index in [-0.39, 0.29) is 0 Å². The molecule has 2 aliphatic rings. The van der Waals surface area contributed by atoms with Gasteiger partial charge in [0.15, 0.2) is 0 Å². The van der Waals surface area contributed by atoms with Crippen molar-refractivity contribution in [2.45, 2.75) is 18.5 Å². The lowest BCUT2D eigenvalue weighted by Crippen LogP contribution is -2.53. The molecule has 2 atom stereocenters. The van der Waals surface area contributed by atoms with Crippen LogP contribution < -0.4 is 10.6 Å². The average Bonchev–Trinajstić information content (AvgIpc) is 2.47. The minimum absolute atomic E-state index is 0.725. The third-order valence-electron chi connectivity index (χ3n) is 2.96. The Morgan fingerprint density at radius 3 is 3.18 bits per heavy atom. The second kappa shape index (κ2) is 3.09. The number of rotatable bonds is 1. The number of nitrogens with one attached hydrogen (secondary N) is 2. The predicted molar refractivity (Wildman–Crippen MR) is 45.7 cm³/mol. The summed E-state index contributed by atoms with van der Waals surface area (Å²) in [5.74, 6) is 0. The molecule has 0 saturated carbocycles. The van der Waals surface area contributed by atoms with Gasteiger partial charge in [0.2, 0.25) is 0 Å². The molecule has 0 amide bonds. The highest BCUT2D eigenvalue weighted by Gasteiger charge is 2.34. The van der Waals surface area contributed by atoms with E-state index in [2.05, 4.69) is 22.6 Å². The molecule has 2 aliphatic heterocycles. The fraction of sp³-hybridized carbons (Fsp3) is 1.00. The highest BCUT2D eigenvalue weighted by Crippen LogP contribution is 2.18. The van der Waals surface area contributed by atoms with Gasteiger partial charge in [0, 0.05) is 38.3 Å². The van der Waals surface area contributed by atoms with Crippen molar-refractivity contribution in [3.63, 3.8) is 0 Å². The number of likely N-dealkylation sites (N-methyl/N-ethyl adjacent to an activating group) is 1. The Kier molecular flexibility index (Phi) is 2.11. The van der Waals surface area contributed by atoms with E-state index in [0.717, 1.165) is 12.1 Å². The Morgan fingerprint density at radius 1 is 1.45 bits per heavy atom. The van der Waals surface area contributed by atoms with E-state index < -0.39 is 0 Å². The van der Waals surface area contributed by atoms with Gasteiger partial charge in [-0.15, -0.1) is 0 Å². The summed E-state index contributed by atoms with van der Waals surface area (Å²) in [7, 11) is 2.07. The molecule has 0 aliphatic carbocycles. The van der Waals surface area contributed by atoms with Gasteiger partial charge in [0.1, 0.15) is 0 Å². The maximum absolute atomic E-state index is 3.44. The summed E-state index contributed by atoms with van der Waals surface area (Å²) in [5, 5.41) is 6.82. The second-order valence-corrected chi connectivity index (χ2v) is 3.49. The quantitative estimate of drug-likeness (QED) is 0.522. The van der Waals surface area contributed by atoms with Crippen molar-refractivity contribution >= 4 is 0 Å². The standard InChI is InChI=1S/C8H17N3/c1-9-7-2-4-11-5-3-10-6-8(7)11/h7-10H,2-6H2,1H3. The summed E-state index contributed by atoms with van der Waals surface area (Å²) in [6.45, 7) is 4.87. The maximum atomic E-state index is 3.44. The van der Waals surface area contributed by atoms with Crippen molar-refractivity contribution in [2.75, 3.05) is 33.2 Å². The molecular formula is C8H17N3. The molecule has 0 aromatic rings. The third-order valence-corrected chi connectivity index (χ3v) is 2.96. The third kappa shape index (κ3) is 1.28. The molecule has 2 N–H and O–H groups in total. The monoisotopic (exact) mass is 155 g/mol. The van der Waals surface area contributed by atoms with Crippen LogP contribution in [0.25, 0.3) is 0 Å². The number of nitrogens with zero attached hydrogens (tertiary/aromatic N) is 1. The minimum atomic E-state index is 0.725. The lowest BCUT2D eigenvalue weighted by Gasteiger charge is -2.32. The Balaban J connectivity index is 1.98. The molecule has 0 radical (unpaired) electrons. The zero-order valence-electron chi connectivity index (χ0n) is 7.14. The van der Waals surface area contributed by atoms with Crippen molar-refractivity contribution in [3.05, 3.63) is 0 Å². The van der Waals surface area contributed by atoms with Crippen LogP contribution in [0.3, 0.4) is 0 Å². The van der Waals surface area contributed by atoms with Crippen LogP contribution in [0, 0.1) is 0 Å². The van der Waals surface area contributed by atoms with E-state index in [1.165, 1.54) is 32.6 Å². The molecule has 0 aromatic heterocycles. The van der Waals surface area contributed by atoms with E-state index in [9.17, 15) is 0 Å². The van der Waals surface area contributed by atoms with Crippen LogP contribution >= 0.6 is 0 Å². The van der Waals surface area contributed by atoms with Crippen molar-refractivity contribution in [1.82, 2.24) is 15.5 Å². The van der Waals surface area contributed by atoms with E-state index >= 15 is 0 Å². The fourth-order valence-electron chi connectivity index (χ4n) is 2.28. The summed E-state index contributed by atoms with van der Waals surface area (Å²) < 4.78 is 0. The van der Waals surface area contributed by atoms with Gasteiger partial charge in [-0.3, -0.25) is 4.90 Å². The lowest BCUT2D eigenvalue weighted by atomic mass is 10.1. The number of hydrogen-bond donors (Lipinski definition) is 2. The zero-order valence-corrected chi connectivity index (χ0v) is 7.14. The Morgan fingerprint density at radius 2 is 2.36 bits per heavy atom. The van der Waals surface area contributed by atoms with Gasteiger partial charge in [0.05, 0.1) is 0 Å². The SMILES string of the molecule is CNC1CCN2CCNCC12. The van der Waals surface area contributed by atoms with Gasteiger partial charge in [-0.2, -0.15) is 0 Å². The van der Waals surface area contributed by atoms with Crippen LogP contribution in [-0.4, -0.2) is 50.2 Å². The molecule has 0 aromatic carbocycles. The fourth-order valence-corrected chi connectivity index (χ4v) is 2.28. The first-order valence-electron chi connectivity index (χ1n) is 4.54. The van der Waals surface area contributed by atoms with Crippen LogP contribution in [0.5, 0.6) is 0 Å². The molecule has 2 unspecified atom stereocenters. The summed E-state index contributed by atoms with van der Waals surface area (Å²) in [5.41, 5.74) is 0. The van der Waals surface area contributed by atoms with Crippen LogP contribution in [0.15, 0.2) is 0 Å². The van der Waals surface area contributed by atoms with Crippen molar-refractivity contribution in [2.24, 2.45) is 0 Å². The van der Waals surface area contributed by atoms with Gasteiger partial charge in [-0.05, 0) is 13.5 Å². The van der Waals surface area contributed by atoms with Crippen molar-refractivity contribution in [1.29, 1.82) is 0 Å². The Hall–Kier alpha value is -0.120. The zero-order chi connectivity index (χ0) is 7.68. The Bertz CT molecular complexity index is 131. The first-order valence-corrected chi connectivity index (χ1v) is 4.54. The summed E-state index contributed by atoms with van der Waals surface area (Å²) in [6.07, 6.45) is 1.32. The van der Waals surface area contributed by atoms with E-state index in [1.54, 1.807) is 0 Å². The number of hydrogen-bond acceptors (Lipinski definition) is 3. The molecule has 3 nitrogen and oxygen atoms in total. The van der Waals surface area contributed by atoms with Gasteiger partial charge in [-0.25, -0.2) is 0 Å². The molecule has 2 rings (SSSR count). The van der Waals surface area contributed by atoms with Gasteiger partial charge >= 0.3 is 0 Å². The number of fused-ring (bicyclic) bond motifs is 1. The summed E-state index contributed by atoms with van der Waals surface area (Å²) in [4.78, 5) is 2.59. The number of piperazine rings is 1. The highest BCUT2D eigenvalue weighted by molar-refractivity contribution is 4.94. The molecule has 11 heavy (non-hydrogen) atoms. The van der Waals surface area contributed by atoms with Gasteiger partial charge in [0.25, 0.3) is 0 Å². The van der Waals surface area contributed by atoms with Crippen LogP contribution in [0.1, 0.15) is 6.42 Å². The average molecular weight is 155 g/mol. The first kappa shape index (κ1) is 7.53. The van der Waals surface area contributed by atoms with E-state index in [1.807, 2.05) is 0 Å². The smallest absolute Gasteiger partial charge is 0.0374 e. The van der Waals surface area contributed by atoms with Gasteiger partial charge in [-0.1, -0.05) is 0 Å². The molecule has 0 bridgehead atoms. The predicted octanol–water partition coefficient (Wildman–Crippen LogP) is -0.748. The lowest BCUT2D eigenvalue weighted by molar-refractivity contribution is 0.197. The molecule has 2 heterocycles. The maximum Gasteiger partial charge on any atom is 0.0374 e. The molecule has 3 heteroatoms. The normalized spacial score (nSPS) is 39.0. The van der Waals surface area contributed by atoms with Crippen molar-refractivity contribution in [3.8, 4) is 0 Å². The molecule has 2 saturated heterocycles. The van der Waals surface area contributed by atoms with Crippen LogP contribution in [0.2, 0.25) is 0 Å². The van der Waals surface area contributed by atoms with Gasteiger partial charge < -0.3 is 10.6 Å². The molecular weight excluding hydrogens is 138 g/mol.